The number of rotatable bonds is 4. The number of piperazine rings is 1. The number of nitrogens with zero attached hydrogens (tertiary/aromatic N) is 5. The van der Waals surface area contributed by atoms with Crippen LogP contribution in [0.2, 0.25) is 0 Å². The van der Waals surface area contributed by atoms with Crippen LogP contribution in [0.5, 0.6) is 0 Å². The van der Waals surface area contributed by atoms with Crippen molar-refractivity contribution in [1.82, 2.24) is 25.0 Å². The fourth-order valence-electron chi connectivity index (χ4n) is 2.32. The normalized spacial score (nSPS) is 15.6. The highest BCUT2D eigenvalue weighted by Gasteiger charge is 2.24. The van der Waals surface area contributed by atoms with E-state index in [4.69, 9.17) is 0 Å². The van der Waals surface area contributed by atoms with E-state index in [1.807, 2.05) is 11.8 Å². The fraction of sp³-hybridized carbons (Fsp3) is 0.462. The zero-order chi connectivity index (χ0) is 16.2. The molecule has 2 amide bonds. The predicted octanol–water partition coefficient (Wildman–Crippen LogP) is 0.700. The quantitative estimate of drug-likeness (QED) is 0.871. The third kappa shape index (κ3) is 4.09. The molecule has 0 saturated carbocycles. The van der Waals surface area contributed by atoms with Gasteiger partial charge in [-0.05, 0) is 6.92 Å². The molecule has 0 aliphatic carbocycles. The second kappa shape index (κ2) is 7.11. The van der Waals surface area contributed by atoms with E-state index in [1.165, 1.54) is 22.7 Å². The van der Waals surface area contributed by atoms with Gasteiger partial charge in [0.1, 0.15) is 11.2 Å². The van der Waals surface area contributed by atoms with E-state index in [0.717, 1.165) is 5.01 Å². The number of aryl methyl sites for hydroxylation is 1. The largest absolute Gasteiger partial charge is 0.335 e. The van der Waals surface area contributed by atoms with Crippen molar-refractivity contribution in [2.75, 3.05) is 38.0 Å². The molecule has 8 nitrogen and oxygen atoms in total. The first-order valence-corrected chi connectivity index (χ1v) is 8.87. The Morgan fingerprint density at radius 1 is 1.26 bits per heavy atom. The van der Waals surface area contributed by atoms with Gasteiger partial charge in [0.15, 0.2) is 0 Å². The van der Waals surface area contributed by atoms with Gasteiger partial charge in [-0.1, -0.05) is 11.3 Å². The first-order chi connectivity index (χ1) is 11.1. The van der Waals surface area contributed by atoms with E-state index < -0.39 is 0 Å². The molecule has 0 unspecified atom stereocenters. The van der Waals surface area contributed by atoms with Crippen molar-refractivity contribution >= 4 is 39.6 Å². The van der Waals surface area contributed by atoms with Crippen LogP contribution in [0.15, 0.2) is 10.9 Å². The van der Waals surface area contributed by atoms with Gasteiger partial charge < -0.3 is 4.90 Å². The Labute approximate surface area is 141 Å². The number of carbonyl (C=O) groups is 2. The van der Waals surface area contributed by atoms with E-state index in [1.54, 1.807) is 15.8 Å². The molecule has 122 valence electrons. The average Bonchev–Trinajstić information content (AvgIpc) is 3.19. The lowest BCUT2D eigenvalue weighted by Crippen LogP contribution is -2.50. The van der Waals surface area contributed by atoms with E-state index in [9.17, 15) is 9.59 Å². The maximum Gasteiger partial charge on any atom is 0.273 e. The molecule has 1 saturated heterocycles. The molecule has 10 heteroatoms. The van der Waals surface area contributed by atoms with Crippen LogP contribution in [0.25, 0.3) is 0 Å². The molecule has 1 aliphatic heterocycles. The summed E-state index contributed by atoms with van der Waals surface area (Å²) in [4.78, 5) is 32.3. The molecule has 2 aromatic heterocycles. The summed E-state index contributed by atoms with van der Waals surface area (Å²) >= 11 is 2.76. The van der Waals surface area contributed by atoms with Crippen molar-refractivity contribution in [2.45, 2.75) is 6.92 Å². The first kappa shape index (κ1) is 16.0. The van der Waals surface area contributed by atoms with Crippen molar-refractivity contribution in [3.05, 3.63) is 21.6 Å². The Morgan fingerprint density at radius 2 is 2.04 bits per heavy atom. The van der Waals surface area contributed by atoms with Gasteiger partial charge in [-0.3, -0.25) is 19.8 Å². The third-order valence-electron chi connectivity index (χ3n) is 3.47. The van der Waals surface area contributed by atoms with Crippen LogP contribution in [-0.2, 0) is 4.79 Å². The molecule has 1 aliphatic rings. The highest BCUT2D eigenvalue weighted by atomic mass is 32.1. The van der Waals surface area contributed by atoms with Gasteiger partial charge in [0.25, 0.3) is 5.91 Å². The molecule has 0 spiro atoms. The van der Waals surface area contributed by atoms with E-state index in [0.29, 0.717) is 37.0 Å². The number of anilines is 1. The fourth-order valence-corrected chi connectivity index (χ4v) is 3.37. The summed E-state index contributed by atoms with van der Waals surface area (Å²) in [6, 6.07) is 0. The molecule has 23 heavy (non-hydrogen) atoms. The van der Waals surface area contributed by atoms with Crippen molar-refractivity contribution in [3.63, 3.8) is 0 Å². The lowest BCUT2D eigenvalue weighted by Gasteiger charge is -2.33. The van der Waals surface area contributed by atoms with E-state index >= 15 is 0 Å². The summed E-state index contributed by atoms with van der Waals surface area (Å²) < 4.78 is 0. The molecular weight excluding hydrogens is 336 g/mol. The number of hydrogen-bond acceptors (Lipinski definition) is 8. The number of nitrogens with one attached hydrogen (secondary N) is 1. The molecule has 2 aromatic rings. The summed E-state index contributed by atoms with van der Waals surface area (Å²) in [5, 5.41) is 13.3. The van der Waals surface area contributed by atoms with Crippen LogP contribution in [0.3, 0.4) is 0 Å². The van der Waals surface area contributed by atoms with Gasteiger partial charge in [-0.2, -0.15) is 0 Å². The summed E-state index contributed by atoms with van der Waals surface area (Å²) in [6.07, 6.45) is 0. The SMILES string of the molecule is Cc1nc(C(=O)N2CCN(CC(=O)Nc3nncs3)CC2)cs1. The van der Waals surface area contributed by atoms with E-state index in [2.05, 4.69) is 20.5 Å². The standard InChI is InChI=1S/C13H16N6O2S2/c1-9-15-10(7-22-9)12(21)19-4-2-18(3-5-19)6-11(20)16-13-17-14-8-23-13/h7-8H,2-6H2,1H3,(H,16,17,20). The van der Waals surface area contributed by atoms with Gasteiger partial charge in [0.2, 0.25) is 11.0 Å². The summed E-state index contributed by atoms with van der Waals surface area (Å²) in [6.45, 7) is 4.70. The second-order valence-corrected chi connectivity index (χ2v) is 7.01. The minimum Gasteiger partial charge on any atom is -0.335 e. The predicted molar refractivity (Wildman–Crippen MR) is 87.7 cm³/mol. The third-order valence-corrected chi connectivity index (χ3v) is 4.85. The van der Waals surface area contributed by atoms with Gasteiger partial charge in [0.05, 0.1) is 11.6 Å². The summed E-state index contributed by atoms with van der Waals surface area (Å²) in [7, 11) is 0. The van der Waals surface area contributed by atoms with Gasteiger partial charge in [0, 0.05) is 31.6 Å². The van der Waals surface area contributed by atoms with Crippen molar-refractivity contribution in [1.29, 1.82) is 0 Å². The summed E-state index contributed by atoms with van der Waals surface area (Å²) in [5.41, 5.74) is 2.08. The molecule has 3 rings (SSSR count). The van der Waals surface area contributed by atoms with Crippen molar-refractivity contribution in [3.8, 4) is 0 Å². The smallest absolute Gasteiger partial charge is 0.273 e. The van der Waals surface area contributed by atoms with Crippen LogP contribution in [-0.4, -0.2) is 69.5 Å². The zero-order valence-corrected chi connectivity index (χ0v) is 14.2. The first-order valence-electron chi connectivity index (χ1n) is 7.11. The average molecular weight is 352 g/mol. The van der Waals surface area contributed by atoms with Gasteiger partial charge >= 0.3 is 0 Å². The maximum absolute atomic E-state index is 12.3. The Bertz CT molecular complexity index is 678. The van der Waals surface area contributed by atoms with Crippen LogP contribution in [0.1, 0.15) is 15.5 Å². The zero-order valence-electron chi connectivity index (χ0n) is 12.6. The monoisotopic (exact) mass is 352 g/mol. The lowest BCUT2D eigenvalue weighted by molar-refractivity contribution is -0.117. The van der Waals surface area contributed by atoms with Crippen LogP contribution < -0.4 is 5.32 Å². The number of aromatic nitrogens is 3. The van der Waals surface area contributed by atoms with Gasteiger partial charge in [-0.25, -0.2) is 4.98 Å². The molecule has 0 bridgehead atoms. The van der Waals surface area contributed by atoms with Crippen LogP contribution >= 0.6 is 22.7 Å². The molecule has 0 aromatic carbocycles. The minimum absolute atomic E-state index is 0.0349. The Balaban J connectivity index is 1.46. The number of thiazole rings is 1. The molecule has 0 atom stereocenters. The van der Waals surface area contributed by atoms with Gasteiger partial charge in [-0.15, -0.1) is 21.5 Å². The minimum atomic E-state index is -0.114. The van der Waals surface area contributed by atoms with Crippen LogP contribution in [0.4, 0.5) is 5.13 Å². The molecular formula is C13H16N6O2S2. The topological polar surface area (TPSA) is 91.3 Å². The van der Waals surface area contributed by atoms with E-state index in [-0.39, 0.29) is 18.4 Å². The van der Waals surface area contributed by atoms with Crippen molar-refractivity contribution < 1.29 is 9.59 Å². The number of carbonyl (C=O) groups excluding carboxylic acids is 2. The van der Waals surface area contributed by atoms with Crippen LogP contribution in [0, 0.1) is 6.92 Å². The van der Waals surface area contributed by atoms with Crippen molar-refractivity contribution in [2.24, 2.45) is 0 Å². The molecule has 0 radical (unpaired) electrons. The molecule has 3 heterocycles. The maximum atomic E-state index is 12.3. The number of hydrogen-bond donors (Lipinski definition) is 1. The second-order valence-electron chi connectivity index (χ2n) is 5.11. The molecule has 1 fully saturated rings. The highest BCUT2D eigenvalue weighted by Crippen LogP contribution is 2.13. The Morgan fingerprint density at radius 3 is 2.65 bits per heavy atom. The Hall–Kier alpha value is -1.91. The summed E-state index contributed by atoms with van der Waals surface area (Å²) in [5.74, 6) is -0.149. The Kier molecular flexibility index (Phi) is 4.94. The number of amides is 2. The highest BCUT2D eigenvalue weighted by molar-refractivity contribution is 7.13. The lowest BCUT2D eigenvalue weighted by atomic mass is 10.3. The molecule has 1 N–H and O–H groups in total.